The number of carbonyl (C=O) groups is 1. The maximum atomic E-state index is 11.6. The molecular formula is C12H16O5S. The molecule has 100 valence electrons. The predicted molar refractivity (Wildman–Crippen MR) is 67.6 cm³/mol. The van der Waals surface area contributed by atoms with E-state index in [1.807, 2.05) is 0 Å². The molecule has 1 rings (SSSR count). The van der Waals surface area contributed by atoms with Crippen molar-refractivity contribution in [3.63, 3.8) is 0 Å². The van der Waals surface area contributed by atoms with Crippen molar-refractivity contribution in [1.29, 1.82) is 0 Å². The van der Waals surface area contributed by atoms with Crippen LogP contribution in [-0.2, 0) is 21.3 Å². The zero-order chi connectivity index (χ0) is 13.5. The van der Waals surface area contributed by atoms with Crippen molar-refractivity contribution in [2.75, 3.05) is 19.5 Å². The molecule has 0 fully saturated rings. The Hall–Kier alpha value is -1.24. The number of hydrogen-bond donors (Lipinski definition) is 2. The number of rotatable bonds is 6. The first-order valence-electron chi connectivity index (χ1n) is 5.38. The van der Waals surface area contributed by atoms with E-state index < -0.39 is 29.5 Å². The minimum Gasteiger partial charge on any atom is -0.465 e. The Morgan fingerprint density at radius 2 is 2.00 bits per heavy atom. The molecule has 0 radical (unpaired) electrons. The summed E-state index contributed by atoms with van der Waals surface area (Å²) in [5, 5.41) is 17.8. The molecule has 1 aromatic rings. The van der Waals surface area contributed by atoms with Gasteiger partial charge in [0, 0.05) is 16.6 Å². The molecule has 0 saturated heterocycles. The summed E-state index contributed by atoms with van der Waals surface area (Å²) < 4.78 is 16.2. The van der Waals surface area contributed by atoms with E-state index in [-0.39, 0.29) is 11.5 Å². The topological polar surface area (TPSA) is 83.8 Å². The van der Waals surface area contributed by atoms with Crippen LogP contribution in [0.4, 0.5) is 0 Å². The molecule has 0 aromatic heterocycles. The Kier molecular flexibility index (Phi) is 5.97. The van der Waals surface area contributed by atoms with Gasteiger partial charge in [0.15, 0.2) is 0 Å². The van der Waals surface area contributed by atoms with Gasteiger partial charge < -0.3 is 14.9 Å². The van der Waals surface area contributed by atoms with Crippen LogP contribution in [0.3, 0.4) is 0 Å². The number of ether oxygens (including phenoxy) is 1. The fourth-order valence-electron chi connectivity index (χ4n) is 1.37. The van der Waals surface area contributed by atoms with Crippen molar-refractivity contribution in [2.24, 2.45) is 0 Å². The summed E-state index contributed by atoms with van der Waals surface area (Å²) in [7, 11) is 0.0609. The van der Waals surface area contributed by atoms with Gasteiger partial charge in [-0.3, -0.25) is 4.21 Å². The van der Waals surface area contributed by atoms with E-state index >= 15 is 0 Å². The lowest BCUT2D eigenvalue weighted by Gasteiger charge is -2.07. The highest BCUT2D eigenvalue weighted by atomic mass is 32.2. The van der Waals surface area contributed by atoms with Crippen LogP contribution >= 0.6 is 0 Å². The lowest BCUT2D eigenvalue weighted by Crippen LogP contribution is -2.21. The third-order valence-corrected chi connectivity index (χ3v) is 3.70. The largest absolute Gasteiger partial charge is 0.465 e. The van der Waals surface area contributed by atoms with Gasteiger partial charge in [-0.25, -0.2) is 4.79 Å². The highest BCUT2D eigenvalue weighted by Crippen LogP contribution is 2.08. The molecule has 2 atom stereocenters. The zero-order valence-electron chi connectivity index (χ0n) is 10.0. The lowest BCUT2D eigenvalue weighted by molar-refractivity contribution is 0.0600. The van der Waals surface area contributed by atoms with E-state index in [4.69, 9.17) is 10.2 Å². The van der Waals surface area contributed by atoms with E-state index in [0.29, 0.717) is 5.56 Å². The molecule has 0 aliphatic carbocycles. The van der Waals surface area contributed by atoms with E-state index in [2.05, 4.69) is 4.74 Å². The van der Waals surface area contributed by atoms with Crippen molar-refractivity contribution in [1.82, 2.24) is 0 Å². The summed E-state index contributed by atoms with van der Waals surface area (Å²) in [6, 6.07) is 6.58. The normalized spacial score (nSPS) is 13.9. The molecule has 0 amide bonds. The van der Waals surface area contributed by atoms with Crippen LogP contribution in [0.25, 0.3) is 0 Å². The van der Waals surface area contributed by atoms with Crippen molar-refractivity contribution >= 4 is 16.8 Å². The van der Waals surface area contributed by atoms with E-state index in [1.54, 1.807) is 24.3 Å². The number of aliphatic hydroxyl groups excluding tert-OH is 2. The summed E-state index contributed by atoms with van der Waals surface area (Å²) in [5.41, 5.74) is 1.23. The molecule has 18 heavy (non-hydrogen) atoms. The molecule has 0 aliphatic heterocycles. The highest BCUT2D eigenvalue weighted by Gasteiger charge is 2.10. The van der Waals surface area contributed by atoms with Crippen molar-refractivity contribution in [3.8, 4) is 0 Å². The standard InChI is InChI=1S/C12H16O5S/c1-17-12(15)10-4-2-9(3-5-10)7-18(16)8-11(14)6-13/h2-5,11,13-14H,6-8H2,1H3. The third kappa shape index (κ3) is 4.56. The van der Waals surface area contributed by atoms with Gasteiger partial charge in [-0.2, -0.15) is 0 Å². The number of aliphatic hydroxyl groups is 2. The Bertz CT molecular complexity index is 415. The third-order valence-electron chi connectivity index (χ3n) is 2.29. The van der Waals surface area contributed by atoms with E-state index in [9.17, 15) is 9.00 Å². The number of benzene rings is 1. The molecule has 0 spiro atoms. The predicted octanol–water partition coefficient (Wildman–Crippen LogP) is 0.0751. The smallest absolute Gasteiger partial charge is 0.337 e. The molecule has 2 unspecified atom stereocenters. The van der Waals surface area contributed by atoms with Gasteiger partial charge in [-0.15, -0.1) is 0 Å². The maximum Gasteiger partial charge on any atom is 0.337 e. The summed E-state index contributed by atoms with van der Waals surface area (Å²) in [4.78, 5) is 11.2. The van der Waals surface area contributed by atoms with Gasteiger partial charge in [0.05, 0.1) is 31.1 Å². The van der Waals surface area contributed by atoms with Crippen LogP contribution in [0.15, 0.2) is 24.3 Å². The Balaban J connectivity index is 2.58. The second-order valence-electron chi connectivity index (χ2n) is 3.78. The average molecular weight is 272 g/mol. The zero-order valence-corrected chi connectivity index (χ0v) is 10.9. The summed E-state index contributed by atoms with van der Waals surface area (Å²) in [6.07, 6.45) is -0.958. The number of esters is 1. The molecular weight excluding hydrogens is 256 g/mol. The maximum absolute atomic E-state index is 11.6. The van der Waals surface area contributed by atoms with Crippen LogP contribution < -0.4 is 0 Å². The number of carbonyl (C=O) groups excluding carboxylic acids is 1. The average Bonchev–Trinajstić information content (AvgIpc) is 2.38. The van der Waals surface area contributed by atoms with E-state index in [0.717, 1.165) is 5.56 Å². The minimum atomic E-state index is -1.25. The van der Waals surface area contributed by atoms with Gasteiger partial charge in [0.2, 0.25) is 0 Å². The summed E-state index contributed by atoms with van der Waals surface area (Å²) in [6.45, 7) is -0.396. The fraction of sp³-hybridized carbons (Fsp3) is 0.417. The second-order valence-corrected chi connectivity index (χ2v) is 5.28. The van der Waals surface area contributed by atoms with Crippen molar-refractivity contribution < 1.29 is 24.0 Å². The molecule has 0 bridgehead atoms. The van der Waals surface area contributed by atoms with Gasteiger partial charge in [0.1, 0.15) is 0 Å². The molecule has 0 heterocycles. The van der Waals surface area contributed by atoms with Crippen LogP contribution in [0.2, 0.25) is 0 Å². The summed E-state index contributed by atoms with van der Waals surface area (Å²) >= 11 is 0. The van der Waals surface area contributed by atoms with Crippen LogP contribution in [-0.4, -0.2) is 46.0 Å². The monoisotopic (exact) mass is 272 g/mol. The molecule has 6 heteroatoms. The first-order valence-corrected chi connectivity index (χ1v) is 6.86. The lowest BCUT2D eigenvalue weighted by atomic mass is 10.1. The summed E-state index contributed by atoms with van der Waals surface area (Å²) in [5.74, 6) is -0.105. The Morgan fingerprint density at radius 3 is 2.50 bits per heavy atom. The van der Waals surface area contributed by atoms with Crippen LogP contribution in [0.1, 0.15) is 15.9 Å². The minimum absolute atomic E-state index is 0.0370. The van der Waals surface area contributed by atoms with Crippen molar-refractivity contribution in [3.05, 3.63) is 35.4 Å². The Morgan fingerprint density at radius 1 is 1.39 bits per heavy atom. The van der Waals surface area contributed by atoms with Gasteiger partial charge >= 0.3 is 5.97 Å². The van der Waals surface area contributed by atoms with Crippen molar-refractivity contribution in [2.45, 2.75) is 11.9 Å². The molecule has 1 aromatic carbocycles. The Labute approximate surface area is 108 Å². The first-order chi connectivity index (χ1) is 8.56. The molecule has 2 N–H and O–H groups in total. The van der Waals surface area contributed by atoms with Gasteiger partial charge in [0.25, 0.3) is 0 Å². The van der Waals surface area contributed by atoms with E-state index in [1.165, 1.54) is 7.11 Å². The van der Waals surface area contributed by atoms with Crippen LogP contribution in [0.5, 0.6) is 0 Å². The molecule has 0 aliphatic rings. The SMILES string of the molecule is COC(=O)c1ccc(CS(=O)CC(O)CO)cc1. The van der Waals surface area contributed by atoms with Gasteiger partial charge in [-0.1, -0.05) is 12.1 Å². The quantitative estimate of drug-likeness (QED) is 0.716. The first kappa shape index (κ1) is 14.8. The van der Waals surface area contributed by atoms with Gasteiger partial charge in [-0.05, 0) is 17.7 Å². The second kappa shape index (κ2) is 7.25. The van der Waals surface area contributed by atoms with Crippen LogP contribution in [0, 0.1) is 0 Å². The fourth-order valence-corrected chi connectivity index (χ4v) is 2.58. The number of methoxy groups -OCH3 is 1. The highest BCUT2D eigenvalue weighted by molar-refractivity contribution is 7.84. The molecule has 0 saturated carbocycles. The number of hydrogen-bond acceptors (Lipinski definition) is 5. The molecule has 5 nitrogen and oxygen atoms in total.